The van der Waals surface area contributed by atoms with Gasteiger partial charge in [0.05, 0.1) is 0 Å². The van der Waals surface area contributed by atoms with Crippen LogP contribution in [0.1, 0.15) is 48.5 Å². The second-order valence-electron chi connectivity index (χ2n) is 9.83. The van der Waals surface area contributed by atoms with Crippen LogP contribution in [0.15, 0.2) is 97.1 Å². The highest BCUT2D eigenvalue weighted by Crippen LogP contribution is 2.25. The Morgan fingerprint density at radius 3 is 1.78 bits per heavy atom. The van der Waals surface area contributed by atoms with E-state index in [0.29, 0.717) is 6.54 Å². The van der Waals surface area contributed by atoms with E-state index >= 15 is 0 Å². The molecule has 37 heavy (non-hydrogen) atoms. The van der Waals surface area contributed by atoms with Gasteiger partial charge in [0.25, 0.3) is 11.8 Å². The number of fused-ring (bicyclic) bond motifs is 2. The Balaban J connectivity index is 0.000000152. The van der Waals surface area contributed by atoms with Crippen LogP contribution < -0.4 is 4.90 Å². The average Bonchev–Trinajstić information content (AvgIpc) is 2.92. The van der Waals surface area contributed by atoms with E-state index in [1.165, 1.54) is 27.8 Å². The van der Waals surface area contributed by atoms with Crippen LogP contribution in [0.2, 0.25) is 0 Å². The molecule has 0 saturated heterocycles. The number of aryl methyl sites for hydroxylation is 2. The van der Waals surface area contributed by atoms with Crippen molar-refractivity contribution < 1.29 is 9.59 Å². The Bertz CT molecular complexity index is 1410. The number of rotatable bonds is 3. The van der Waals surface area contributed by atoms with Gasteiger partial charge in [0.15, 0.2) is 0 Å². The van der Waals surface area contributed by atoms with Crippen molar-refractivity contribution in [1.82, 2.24) is 4.90 Å². The van der Waals surface area contributed by atoms with Gasteiger partial charge in [0.1, 0.15) is 0 Å². The van der Waals surface area contributed by atoms with Gasteiger partial charge in [-0.25, -0.2) is 0 Å². The van der Waals surface area contributed by atoms with Crippen LogP contribution in [0.4, 0.5) is 5.69 Å². The van der Waals surface area contributed by atoms with Crippen LogP contribution in [0.25, 0.3) is 0 Å². The van der Waals surface area contributed by atoms with Crippen molar-refractivity contribution in [2.75, 3.05) is 18.0 Å². The molecule has 4 aromatic rings. The van der Waals surface area contributed by atoms with E-state index in [9.17, 15) is 9.59 Å². The molecule has 186 valence electrons. The predicted octanol–water partition coefficient (Wildman–Crippen LogP) is 6.39. The maximum absolute atomic E-state index is 12.5. The third-order valence-corrected chi connectivity index (χ3v) is 7.05. The molecule has 6 rings (SSSR count). The van der Waals surface area contributed by atoms with Gasteiger partial charge in [-0.15, -0.1) is 0 Å². The number of anilines is 1. The Hall–Kier alpha value is -4.18. The summed E-state index contributed by atoms with van der Waals surface area (Å²) in [6, 6.07) is 32.2. The molecule has 0 aliphatic carbocycles. The van der Waals surface area contributed by atoms with Gasteiger partial charge in [-0.2, -0.15) is 0 Å². The summed E-state index contributed by atoms with van der Waals surface area (Å²) >= 11 is 0. The molecule has 0 saturated carbocycles. The highest BCUT2D eigenvalue weighted by Gasteiger charge is 2.25. The van der Waals surface area contributed by atoms with E-state index in [-0.39, 0.29) is 11.8 Å². The van der Waals surface area contributed by atoms with Crippen LogP contribution in [0, 0.1) is 13.8 Å². The maximum Gasteiger partial charge on any atom is 0.258 e. The molecule has 0 spiro atoms. The largest absolute Gasteiger partial charge is 0.334 e. The summed E-state index contributed by atoms with van der Waals surface area (Å²) in [6.07, 6.45) is 1.88. The summed E-state index contributed by atoms with van der Waals surface area (Å²) in [5.74, 6) is 0.271. The molecule has 2 amide bonds. The molecular weight excluding hydrogens is 456 g/mol. The van der Waals surface area contributed by atoms with E-state index in [2.05, 4.69) is 38.1 Å². The molecule has 2 aliphatic rings. The molecule has 4 aromatic carbocycles. The summed E-state index contributed by atoms with van der Waals surface area (Å²) in [5, 5.41) is 0. The first kappa shape index (κ1) is 24.5. The van der Waals surface area contributed by atoms with E-state index in [1.54, 1.807) is 0 Å². The summed E-state index contributed by atoms with van der Waals surface area (Å²) in [7, 11) is 0. The number of carbonyl (C=O) groups is 2. The fourth-order valence-corrected chi connectivity index (χ4v) is 5.09. The van der Waals surface area contributed by atoms with E-state index in [4.69, 9.17) is 0 Å². The van der Waals surface area contributed by atoms with Gasteiger partial charge in [-0.3, -0.25) is 9.59 Å². The normalized spacial score (nSPS) is 14.4. The maximum atomic E-state index is 12.5. The minimum Gasteiger partial charge on any atom is -0.334 e. The zero-order valence-electron chi connectivity index (χ0n) is 21.5. The lowest BCUT2D eigenvalue weighted by Gasteiger charge is -2.29. The molecule has 4 heteroatoms. The Morgan fingerprint density at radius 2 is 1.16 bits per heavy atom. The molecule has 0 aromatic heterocycles. The van der Waals surface area contributed by atoms with Gasteiger partial charge in [-0.05, 0) is 67.6 Å². The van der Waals surface area contributed by atoms with Crippen molar-refractivity contribution in [1.29, 1.82) is 0 Å². The lowest BCUT2D eigenvalue weighted by Crippen LogP contribution is -2.37. The molecule has 0 bridgehead atoms. The third kappa shape index (κ3) is 5.49. The quantitative estimate of drug-likeness (QED) is 0.335. The van der Waals surface area contributed by atoms with Crippen molar-refractivity contribution >= 4 is 17.5 Å². The lowest BCUT2D eigenvalue weighted by molar-refractivity contribution is 0.0727. The van der Waals surface area contributed by atoms with Crippen LogP contribution >= 0.6 is 0 Å². The fourth-order valence-electron chi connectivity index (χ4n) is 5.09. The van der Waals surface area contributed by atoms with Gasteiger partial charge in [0.2, 0.25) is 0 Å². The number of para-hydroxylation sites is 1. The van der Waals surface area contributed by atoms with Gasteiger partial charge < -0.3 is 9.80 Å². The Labute approximate surface area is 219 Å². The second kappa shape index (κ2) is 10.8. The lowest BCUT2D eigenvalue weighted by atomic mass is 9.96. The summed E-state index contributed by atoms with van der Waals surface area (Å²) in [6.45, 7) is 6.41. The summed E-state index contributed by atoms with van der Waals surface area (Å²) in [4.78, 5) is 28.7. The smallest absolute Gasteiger partial charge is 0.258 e. The van der Waals surface area contributed by atoms with Gasteiger partial charge in [-0.1, -0.05) is 83.9 Å². The van der Waals surface area contributed by atoms with E-state index in [1.807, 2.05) is 82.6 Å². The minimum absolute atomic E-state index is 0.113. The van der Waals surface area contributed by atoms with E-state index in [0.717, 1.165) is 42.7 Å². The SMILES string of the molecule is Cc1ccc2c(c1)CCN(Cc1ccccc1)C2=O.Cc1ccc2c(c1)CCN(c1ccccc1)C2=O. The monoisotopic (exact) mass is 488 g/mol. The van der Waals surface area contributed by atoms with Crippen LogP contribution in [0.5, 0.6) is 0 Å². The fraction of sp³-hybridized carbons (Fsp3) is 0.212. The number of hydrogen-bond donors (Lipinski definition) is 0. The summed E-state index contributed by atoms with van der Waals surface area (Å²) in [5.41, 5.74) is 8.68. The molecule has 0 atom stereocenters. The standard InChI is InChI=1S/C17H17NO.C16H15NO/c1-13-7-8-16-15(11-13)9-10-18(17(16)19)12-14-5-3-2-4-6-14;1-12-7-8-15-13(11-12)9-10-17(16(15)18)14-5-3-2-4-6-14/h2-8,11H,9-10,12H2,1H3;2-8,11H,9-10H2,1H3. The molecule has 2 aliphatic heterocycles. The zero-order valence-corrected chi connectivity index (χ0v) is 21.5. The van der Waals surface area contributed by atoms with Crippen molar-refractivity contribution in [2.45, 2.75) is 33.2 Å². The first-order valence-corrected chi connectivity index (χ1v) is 12.9. The highest BCUT2D eigenvalue weighted by molar-refractivity contribution is 6.08. The van der Waals surface area contributed by atoms with E-state index < -0.39 is 0 Å². The molecule has 0 unspecified atom stereocenters. The minimum atomic E-state index is 0.113. The Kier molecular flexibility index (Phi) is 7.18. The number of hydrogen-bond acceptors (Lipinski definition) is 2. The molecule has 4 nitrogen and oxygen atoms in total. The summed E-state index contributed by atoms with van der Waals surface area (Å²) < 4.78 is 0. The third-order valence-electron chi connectivity index (χ3n) is 7.05. The molecule has 0 N–H and O–H groups in total. The number of amides is 2. The van der Waals surface area contributed by atoms with Crippen molar-refractivity contribution in [3.05, 3.63) is 136 Å². The van der Waals surface area contributed by atoms with Gasteiger partial charge >= 0.3 is 0 Å². The van der Waals surface area contributed by atoms with Crippen LogP contribution in [-0.2, 0) is 19.4 Å². The molecular formula is C33H32N2O2. The topological polar surface area (TPSA) is 40.6 Å². The first-order chi connectivity index (χ1) is 18.0. The molecule has 0 radical (unpaired) electrons. The highest BCUT2D eigenvalue weighted by atomic mass is 16.2. The number of carbonyl (C=O) groups excluding carboxylic acids is 2. The van der Waals surface area contributed by atoms with Crippen LogP contribution in [0.3, 0.4) is 0 Å². The number of nitrogens with zero attached hydrogens (tertiary/aromatic N) is 2. The molecule has 2 heterocycles. The predicted molar refractivity (Wildman–Crippen MR) is 149 cm³/mol. The Morgan fingerprint density at radius 1 is 0.622 bits per heavy atom. The van der Waals surface area contributed by atoms with Crippen molar-refractivity contribution in [2.24, 2.45) is 0 Å². The molecule has 0 fully saturated rings. The number of benzene rings is 4. The first-order valence-electron chi connectivity index (χ1n) is 12.9. The van der Waals surface area contributed by atoms with Crippen molar-refractivity contribution in [3.8, 4) is 0 Å². The second-order valence-corrected chi connectivity index (χ2v) is 9.83. The van der Waals surface area contributed by atoms with Crippen molar-refractivity contribution in [3.63, 3.8) is 0 Å². The van der Waals surface area contributed by atoms with Gasteiger partial charge in [0, 0.05) is 36.4 Å². The van der Waals surface area contributed by atoms with Crippen LogP contribution in [-0.4, -0.2) is 29.8 Å². The average molecular weight is 489 g/mol. The zero-order chi connectivity index (χ0) is 25.8.